The van der Waals surface area contributed by atoms with Gasteiger partial charge in [-0.05, 0) is 20.3 Å². The first-order chi connectivity index (χ1) is 7.16. The summed E-state index contributed by atoms with van der Waals surface area (Å²) >= 11 is 0. The van der Waals surface area contributed by atoms with Gasteiger partial charge < -0.3 is 5.11 Å². The summed E-state index contributed by atoms with van der Waals surface area (Å²) in [6.45, 7) is 6.89. The Kier molecular flexibility index (Phi) is 4.66. The van der Waals surface area contributed by atoms with E-state index >= 15 is 0 Å². The molecular weight excluding hydrogens is 188 g/mol. The molecule has 0 spiro atoms. The maximum absolute atomic E-state index is 9.72. The SMILES string of the molecule is CCCCCCCn1nc(C)c(C)c1O. The molecule has 0 unspecified atom stereocenters. The Hall–Kier alpha value is -0.990. The van der Waals surface area contributed by atoms with Gasteiger partial charge in [-0.2, -0.15) is 5.10 Å². The molecule has 0 fully saturated rings. The minimum atomic E-state index is 0.336. The van der Waals surface area contributed by atoms with Crippen molar-refractivity contribution in [3.05, 3.63) is 11.3 Å². The van der Waals surface area contributed by atoms with Crippen molar-refractivity contribution in [3.63, 3.8) is 0 Å². The van der Waals surface area contributed by atoms with Crippen LogP contribution in [0, 0.1) is 13.8 Å². The van der Waals surface area contributed by atoms with Gasteiger partial charge >= 0.3 is 0 Å². The number of unbranched alkanes of at least 4 members (excludes halogenated alkanes) is 4. The first-order valence-corrected chi connectivity index (χ1v) is 5.89. The highest BCUT2D eigenvalue weighted by molar-refractivity contribution is 5.27. The Morgan fingerprint density at radius 3 is 2.33 bits per heavy atom. The van der Waals surface area contributed by atoms with Crippen LogP contribution in [0.5, 0.6) is 5.88 Å². The van der Waals surface area contributed by atoms with Gasteiger partial charge in [0.1, 0.15) is 0 Å². The third kappa shape index (κ3) is 3.26. The Morgan fingerprint density at radius 1 is 1.13 bits per heavy atom. The second kappa shape index (κ2) is 5.79. The first kappa shape index (κ1) is 12.1. The fourth-order valence-electron chi connectivity index (χ4n) is 1.68. The number of hydrogen-bond donors (Lipinski definition) is 1. The molecule has 0 aliphatic heterocycles. The van der Waals surface area contributed by atoms with Gasteiger partial charge in [-0.15, -0.1) is 0 Å². The molecule has 86 valence electrons. The first-order valence-electron chi connectivity index (χ1n) is 5.89. The number of rotatable bonds is 6. The highest BCUT2D eigenvalue weighted by atomic mass is 16.3. The van der Waals surface area contributed by atoms with E-state index in [-0.39, 0.29) is 0 Å². The average molecular weight is 210 g/mol. The van der Waals surface area contributed by atoms with Crippen molar-refractivity contribution >= 4 is 0 Å². The van der Waals surface area contributed by atoms with Crippen molar-refractivity contribution in [2.45, 2.75) is 59.4 Å². The van der Waals surface area contributed by atoms with E-state index in [1.807, 2.05) is 13.8 Å². The Morgan fingerprint density at radius 2 is 1.80 bits per heavy atom. The van der Waals surface area contributed by atoms with Crippen LogP contribution in [0.2, 0.25) is 0 Å². The standard InChI is InChI=1S/C12H22N2O/c1-4-5-6-7-8-9-14-12(15)10(2)11(3)13-14/h15H,4-9H2,1-3H3. The molecule has 1 N–H and O–H groups in total. The molecule has 15 heavy (non-hydrogen) atoms. The normalized spacial score (nSPS) is 10.9. The summed E-state index contributed by atoms with van der Waals surface area (Å²) in [5, 5.41) is 14.0. The lowest BCUT2D eigenvalue weighted by molar-refractivity contribution is 0.387. The lowest BCUT2D eigenvalue weighted by Crippen LogP contribution is -1.99. The fraction of sp³-hybridized carbons (Fsp3) is 0.750. The molecule has 0 atom stereocenters. The van der Waals surface area contributed by atoms with Crippen LogP contribution in [0.15, 0.2) is 0 Å². The van der Waals surface area contributed by atoms with E-state index in [1.165, 1.54) is 25.7 Å². The molecule has 0 amide bonds. The maximum atomic E-state index is 9.72. The van der Waals surface area contributed by atoms with Crippen LogP contribution in [0.25, 0.3) is 0 Å². The number of aromatic nitrogens is 2. The van der Waals surface area contributed by atoms with E-state index in [2.05, 4.69) is 12.0 Å². The predicted octanol–water partition coefficient (Wildman–Crippen LogP) is 3.18. The molecule has 1 rings (SSSR count). The fourth-order valence-corrected chi connectivity index (χ4v) is 1.68. The minimum Gasteiger partial charge on any atom is -0.493 e. The second-order valence-electron chi connectivity index (χ2n) is 4.17. The average Bonchev–Trinajstić information content (AvgIpc) is 2.46. The molecule has 0 aromatic carbocycles. The van der Waals surface area contributed by atoms with Crippen molar-refractivity contribution in [2.24, 2.45) is 0 Å². The van der Waals surface area contributed by atoms with E-state index in [0.29, 0.717) is 5.88 Å². The van der Waals surface area contributed by atoms with Crippen molar-refractivity contribution < 1.29 is 5.11 Å². The van der Waals surface area contributed by atoms with Crippen LogP contribution >= 0.6 is 0 Å². The van der Waals surface area contributed by atoms with Gasteiger partial charge in [0.15, 0.2) is 0 Å². The number of aryl methyl sites for hydroxylation is 2. The summed E-state index contributed by atoms with van der Waals surface area (Å²) in [5.41, 5.74) is 1.84. The molecule has 0 radical (unpaired) electrons. The Bertz CT molecular complexity index is 305. The number of nitrogens with zero attached hydrogens (tertiary/aromatic N) is 2. The Labute approximate surface area is 92.1 Å². The molecule has 1 heterocycles. The van der Waals surface area contributed by atoms with Crippen LogP contribution in [0.1, 0.15) is 50.3 Å². The van der Waals surface area contributed by atoms with E-state index in [4.69, 9.17) is 0 Å². The van der Waals surface area contributed by atoms with Gasteiger partial charge in [0.05, 0.1) is 5.69 Å². The van der Waals surface area contributed by atoms with Gasteiger partial charge in [-0.1, -0.05) is 32.6 Å². The van der Waals surface area contributed by atoms with Crippen molar-refractivity contribution in [3.8, 4) is 5.88 Å². The lowest BCUT2D eigenvalue weighted by atomic mass is 10.1. The molecule has 0 saturated heterocycles. The number of hydrogen-bond acceptors (Lipinski definition) is 2. The monoisotopic (exact) mass is 210 g/mol. The molecule has 0 bridgehead atoms. The molecule has 1 aromatic heterocycles. The zero-order valence-electron chi connectivity index (χ0n) is 10.1. The van der Waals surface area contributed by atoms with Crippen molar-refractivity contribution in [1.82, 2.24) is 9.78 Å². The topological polar surface area (TPSA) is 38.0 Å². The van der Waals surface area contributed by atoms with Crippen molar-refractivity contribution in [2.75, 3.05) is 0 Å². The highest BCUT2D eigenvalue weighted by Crippen LogP contribution is 2.19. The maximum Gasteiger partial charge on any atom is 0.212 e. The summed E-state index contributed by atoms with van der Waals surface area (Å²) in [6, 6.07) is 0. The smallest absolute Gasteiger partial charge is 0.212 e. The molecule has 3 nitrogen and oxygen atoms in total. The zero-order valence-corrected chi connectivity index (χ0v) is 10.1. The molecular formula is C12H22N2O. The van der Waals surface area contributed by atoms with Crippen LogP contribution in [-0.4, -0.2) is 14.9 Å². The minimum absolute atomic E-state index is 0.336. The lowest BCUT2D eigenvalue weighted by Gasteiger charge is -2.03. The van der Waals surface area contributed by atoms with Crippen LogP contribution in [0.4, 0.5) is 0 Å². The summed E-state index contributed by atoms with van der Waals surface area (Å²) < 4.78 is 1.72. The van der Waals surface area contributed by atoms with Crippen LogP contribution in [-0.2, 0) is 6.54 Å². The van der Waals surface area contributed by atoms with Gasteiger partial charge in [0, 0.05) is 12.1 Å². The summed E-state index contributed by atoms with van der Waals surface area (Å²) in [6.07, 6.45) is 6.20. The number of aromatic hydroxyl groups is 1. The van der Waals surface area contributed by atoms with E-state index in [9.17, 15) is 5.11 Å². The summed E-state index contributed by atoms with van der Waals surface area (Å²) in [5.74, 6) is 0.336. The van der Waals surface area contributed by atoms with E-state index < -0.39 is 0 Å². The van der Waals surface area contributed by atoms with Gasteiger partial charge in [0.25, 0.3) is 0 Å². The molecule has 1 aromatic rings. The third-order valence-electron chi connectivity index (χ3n) is 2.87. The van der Waals surface area contributed by atoms with Crippen LogP contribution in [0.3, 0.4) is 0 Å². The quantitative estimate of drug-likeness (QED) is 0.732. The zero-order chi connectivity index (χ0) is 11.3. The molecule has 3 heteroatoms. The highest BCUT2D eigenvalue weighted by Gasteiger charge is 2.08. The Balaban J connectivity index is 2.34. The summed E-state index contributed by atoms with van der Waals surface area (Å²) in [4.78, 5) is 0. The third-order valence-corrected chi connectivity index (χ3v) is 2.87. The van der Waals surface area contributed by atoms with Crippen molar-refractivity contribution in [1.29, 1.82) is 0 Å². The molecule has 0 aliphatic rings. The van der Waals surface area contributed by atoms with Gasteiger partial charge in [-0.25, -0.2) is 4.68 Å². The molecule has 0 saturated carbocycles. The largest absolute Gasteiger partial charge is 0.493 e. The van der Waals surface area contributed by atoms with E-state index in [1.54, 1.807) is 4.68 Å². The van der Waals surface area contributed by atoms with Gasteiger partial charge in [-0.3, -0.25) is 0 Å². The van der Waals surface area contributed by atoms with E-state index in [0.717, 1.165) is 24.2 Å². The van der Waals surface area contributed by atoms with Gasteiger partial charge in [0.2, 0.25) is 5.88 Å². The van der Waals surface area contributed by atoms with Crippen LogP contribution < -0.4 is 0 Å². The molecule has 0 aliphatic carbocycles. The predicted molar refractivity (Wildman–Crippen MR) is 62.1 cm³/mol. The second-order valence-corrected chi connectivity index (χ2v) is 4.17. The summed E-state index contributed by atoms with van der Waals surface area (Å²) in [7, 11) is 0.